The smallest absolute Gasteiger partial charge is 0.256 e. The van der Waals surface area contributed by atoms with E-state index in [1.165, 1.54) is 10.9 Å². The van der Waals surface area contributed by atoms with Crippen LogP contribution in [0.3, 0.4) is 0 Å². The van der Waals surface area contributed by atoms with E-state index in [-0.39, 0.29) is 17.3 Å². The molecular weight excluding hydrogens is 304 g/mol. The zero-order valence-corrected chi connectivity index (χ0v) is 13.1. The molecule has 0 radical (unpaired) electrons. The maximum Gasteiger partial charge on any atom is 0.256 e. The molecule has 0 aliphatic carbocycles. The fourth-order valence-electron chi connectivity index (χ4n) is 2.30. The van der Waals surface area contributed by atoms with Crippen LogP contribution in [0.1, 0.15) is 26.3 Å². The van der Waals surface area contributed by atoms with E-state index in [0.29, 0.717) is 11.3 Å². The Kier molecular flexibility index (Phi) is 4.11. The van der Waals surface area contributed by atoms with Crippen LogP contribution < -0.4 is 11.1 Å². The van der Waals surface area contributed by atoms with E-state index in [4.69, 9.17) is 5.73 Å². The van der Waals surface area contributed by atoms with Crippen molar-refractivity contribution in [1.82, 2.24) is 9.78 Å². The molecule has 0 fully saturated rings. The van der Waals surface area contributed by atoms with E-state index in [1.54, 1.807) is 12.1 Å². The highest BCUT2D eigenvalue weighted by Gasteiger charge is 2.19. The monoisotopic (exact) mass is 320 g/mol. The van der Waals surface area contributed by atoms with Gasteiger partial charge in [0, 0.05) is 5.56 Å². The lowest BCUT2D eigenvalue weighted by Crippen LogP contribution is -2.19. The summed E-state index contributed by atoms with van der Waals surface area (Å²) in [5, 5.41) is 6.91. The topological polar surface area (TPSA) is 90.0 Å². The Morgan fingerprint density at radius 2 is 1.71 bits per heavy atom. The van der Waals surface area contributed by atoms with Gasteiger partial charge in [-0.25, -0.2) is 4.68 Å². The lowest BCUT2D eigenvalue weighted by Gasteiger charge is -2.10. The maximum absolute atomic E-state index is 12.5. The predicted octanol–water partition coefficient (Wildman–Crippen LogP) is 2.53. The van der Waals surface area contributed by atoms with Crippen LogP contribution in [0.5, 0.6) is 0 Å². The highest BCUT2D eigenvalue weighted by Crippen LogP contribution is 2.20. The van der Waals surface area contributed by atoms with Gasteiger partial charge in [-0.3, -0.25) is 9.59 Å². The summed E-state index contributed by atoms with van der Waals surface area (Å²) in [6.07, 6.45) is 1.35. The second-order valence-corrected chi connectivity index (χ2v) is 5.34. The summed E-state index contributed by atoms with van der Waals surface area (Å²) < 4.78 is 1.48. The van der Waals surface area contributed by atoms with Gasteiger partial charge in [0.15, 0.2) is 0 Å². The van der Waals surface area contributed by atoms with Crippen LogP contribution in [0.4, 0.5) is 5.82 Å². The normalized spacial score (nSPS) is 10.4. The number of aromatic nitrogens is 2. The number of para-hydroxylation sites is 1. The van der Waals surface area contributed by atoms with Gasteiger partial charge in [-0.1, -0.05) is 35.9 Å². The Balaban J connectivity index is 1.99. The number of nitrogens with zero attached hydrogens (tertiary/aromatic N) is 2. The quantitative estimate of drug-likeness (QED) is 0.774. The van der Waals surface area contributed by atoms with Gasteiger partial charge in [0.2, 0.25) is 0 Å². The first-order valence-electron chi connectivity index (χ1n) is 7.37. The molecule has 0 aliphatic heterocycles. The first-order chi connectivity index (χ1) is 11.6. The average molecular weight is 320 g/mol. The second kappa shape index (κ2) is 6.37. The molecule has 24 heavy (non-hydrogen) atoms. The van der Waals surface area contributed by atoms with E-state index < -0.39 is 5.91 Å². The van der Waals surface area contributed by atoms with Gasteiger partial charge < -0.3 is 11.1 Å². The molecular formula is C18H16N4O2. The van der Waals surface area contributed by atoms with Crippen molar-refractivity contribution < 1.29 is 9.59 Å². The molecule has 3 N–H and O–H groups in total. The Hall–Kier alpha value is -3.41. The summed E-state index contributed by atoms with van der Waals surface area (Å²) in [5.41, 5.74) is 7.80. The minimum atomic E-state index is -0.656. The number of hydrogen-bond donors (Lipinski definition) is 2. The van der Waals surface area contributed by atoms with Gasteiger partial charge in [-0.2, -0.15) is 5.10 Å². The number of amides is 2. The van der Waals surface area contributed by atoms with Crippen LogP contribution in [-0.2, 0) is 0 Å². The van der Waals surface area contributed by atoms with E-state index >= 15 is 0 Å². The third kappa shape index (κ3) is 3.03. The third-order valence-electron chi connectivity index (χ3n) is 3.58. The van der Waals surface area contributed by atoms with Crippen molar-refractivity contribution in [2.24, 2.45) is 5.73 Å². The van der Waals surface area contributed by atoms with Crippen LogP contribution in [-0.4, -0.2) is 21.6 Å². The average Bonchev–Trinajstić information content (AvgIpc) is 3.00. The molecule has 0 bridgehead atoms. The summed E-state index contributed by atoms with van der Waals surface area (Å²) in [6, 6.07) is 16.3. The van der Waals surface area contributed by atoms with Crippen LogP contribution in [0, 0.1) is 6.92 Å². The summed E-state index contributed by atoms with van der Waals surface area (Å²) >= 11 is 0. The lowest BCUT2D eigenvalue weighted by atomic mass is 10.1. The molecule has 3 rings (SSSR count). The highest BCUT2D eigenvalue weighted by atomic mass is 16.2. The molecule has 0 saturated carbocycles. The molecule has 0 saturated heterocycles. The number of anilines is 1. The van der Waals surface area contributed by atoms with Crippen molar-refractivity contribution in [3.8, 4) is 5.69 Å². The summed E-state index contributed by atoms with van der Waals surface area (Å²) in [6.45, 7) is 1.94. The van der Waals surface area contributed by atoms with Gasteiger partial charge in [0.25, 0.3) is 11.8 Å². The standard InChI is InChI=1S/C18H16N4O2/c1-12-7-9-13(10-8-12)18(24)21-17-15(16(19)23)11-20-22(17)14-5-3-2-4-6-14/h2-11H,1H3,(H2,19,23)(H,21,24). The zero-order chi connectivity index (χ0) is 17.1. The van der Waals surface area contributed by atoms with Gasteiger partial charge >= 0.3 is 0 Å². The number of nitrogens with two attached hydrogens (primary N) is 1. The molecule has 2 amide bonds. The molecule has 3 aromatic rings. The van der Waals surface area contributed by atoms with Crippen LogP contribution >= 0.6 is 0 Å². The fourth-order valence-corrected chi connectivity index (χ4v) is 2.30. The summed E-state index contributed by atoms with van der Waals surface area (Å²) in [5.74, 6) is -0.745. The number of carbonyl (C=O) groups excluding carboxylic acids is 2. The fraction of sp³-hybridized carbons (Fsp3) is 0.0556. The minimum absolute atomic E-state index is 0.152. The molecule has 0 aliphatic rings. The number of rotatable bonds is 4. The van der Waals surface area contributed by atoms with E-state index in [2.05, 4.69) is 10.4 Å². The predicted molar refractivity (Wildman–Crippen MR) is 91.2 cm³/mol. The van der Waals surface area contributed by atoms with Gasteiger partial charge in [-0.15, -0.1) is 0 Å². The molecule has 6 nitrogen and oxygen atoms in total. The van der Waals surface area contributed by atoms with E-state index in [9.17, 15) is 9.59 Å². The number of aryl methyl sites for hydroxylation is 1. The Morgan fingerprint density at radius 3 is 2.33 bits per heavy atom. The molecule has 0 spiro atoms. The third-order valence-corrected chi connectivity index (χ3v) is 3.58. The second-order valence-electron chi connectivity index (χ2n) is 5.34. The number of benzene rings is 2. The maximum atomic E-state index is 12.5. The Bertz CT molecular complexity index is 883. The van der Waals surface area contributed by atoms with Crippen molar-refractivity contribution >= 4 is 17.6 Å². The van der Waals surface area contributed by atoms with Gasteiger partial charge in [0.05, 0.1) is 11.9 Å². The molecule has 2 aromatic carbocycles. The van der Waals surface area contributed by atoms with Crippen LogP contribution in [0.25, 0.3) is 5.69 Å². The molecule has 1 heterocycles. The van der Waals surface area contributed by atoms with Crippen LogP contribution in [0.2, 0.25) is 0 Å². The van der Waals surface area contributed by atoms with Crippen LogP contribution in [0.15, 0.2) is 60.8 Å². The van der Waals surface area contributed by atoms with E-state index in [1.807, 2.05) is 49.4 Å². The largest absolute Gasteiger partial charge is 0.365 e. The van der Waals surface area contributed by atoms with Gasteiger partial charge in [-0.05, 0) is 31.2 Å². The zero-order valence-electron chi connectivity index (χ0n) is 13.1. The van der Waals surface area contributed by atoms with Gasteiger partial charge in [0.1, 0.15) is 11.4 Å². The number of nitrogens with one attached hydrogen (secondary N) is 1. The molecule has 120 valence electrons. The van der Waals surface area contributed by atoms with Crippen molar-refractivity contribution in [3.63, 3.8) is 0 Å². The number of primary amides is 1. The van der Waals surface area contributed by atoms with Crippen molar-refractivity contribution in [3.05, 3.63) is 77.5 Å². The highest BCUT2D eigenvalue weighted by molar-refractivity contribution is 6.08. The molecule has 0 atom stereocenters. The van der Waals surface area contributed by atoms with Crippen molar-refractivity contribution in [2.75, 3.05) is 5.32 Å². The van der Waals surface area contributed by atoms with Crippen molar-refractivity contribution in [2.45, 2.75) is 6.92 Å². The SMILES string of the molecule is Cc1ccc(C(=O)Nc2c(C(N)=O)cnn2-c2ccccc2)cc1. The number of hydrogen-bond acceptors (Lipinski definition) is 3. The molecule has 6 heteroatoms. The number of carbonyl (C=O) groups is 2. The minimum Gasteiger partial charge on any atom is -0.365 e. The Labute approximate surface area is 138 Å². The molecule has 0 unspecified atom stereocenters. The lowest BCUT2D eigenvalue weighted by molar-refractivity contribution is 0.100. The van der Waals surface area contributed by atoms with Crippen molar-refractivity contribution in [1.29, 1.82) is 0 Å². The molecule has 1 aromatic heterocycles. The first kappa shape index (κ1) is 15.5. The van der Waals surface area contributed by atoms with E-state index in [0.717, 1.165) is 5.56 Å². The summed E-state index contributed by atoms with van der Waals surface area (Å²) in [4.78, 5) is 24.1. The first-order valence-corrected chi connectivity index (χ1v) is 7.37. The summed E-state index contributed by atoms with van der Waals surface area (Å²) in [7, 11) is 0. The Morgan fingerprint density at radius 1 is 1.04 bits per heavy atom.